The maximum absolute atomic E-state index is 11.2. The molecule has 2 aromatic heterocycles. The first-order valence-corrected chi connectivity index (χ1v) is 14.1. The Balaban J connectivity index is 0.00000370. The topological polar surface area (TPSA) is 131 Å². The molecule has 0 atom stereocenters. The standard InChI is InChI=1S/C28H30N8O2S.ClH/c1-35(23-12-13-25-24(18-23)33-28(36(25)2)31-19-21-6-4-3-5-7-21)26-14-16-30-27(34-26)32-22-10-8-20(9-11-22)15-17-39(29,37)38;/h3-14,16,18H,15,17,19H2,1-2H3,(H,31,33)(H2,29,37,38)(H,30,32,34);1H. The molecule has 0 amide bonds. The summed E-state index contributed by atoms with van der Waals surface area (Å²) in [6.07, 6.45) is 2.06. The molecular formula is C28H31ClN8O2S. The number of rotatable bonds is 10. The summed E-state index contributed by atoms with van der Waals surface area (Å²) < 4.78 is 24.4. The lowest BCUT2D eigenvalue weighted by molar-refractivity contribution is 0.597. The van der Waals surface area contributed by atoms with E-state index in [1.807, 2.05) is 79.7 Å². The number of sulfonamides is 1. The molecule has 0 saturated carbocycles. The Labute approximate surface area is 239 Å². The van der Waals surface area contributed by atoms with Crippen LogP contribution in [0.1, 0.15) is 11.1 Å². The lowest BCUT2D eigenvalue weighted by Gasteiger charge is -2.19. The Hall–Kier alpha value is -4.19. The van der Waals surface area contributed by atoms with Crippen molar-refractivity contribution in [1.82, 2.24) is 19.5 Å². The number of fused-ring (bicyclic) bond motifs is 1. The van der Waals surface area contributed by atoms with Crippen molar-refractivity contribution in [3.8, 4) is 0 Å². The fourth-order valence-electron chi connectivity index (χ4n) is 4.20. The number of hydrogen-bond acceptors (Lipinski definition) is 8. The zero-order chi connectivity index (χ0) is 27.4. The van der Waals surface area contributed by atoms with E-state index in [0.29, 0.717) is 18.9 Å². The van der Waals surface area contributed by atoms with Crippen molar-refractivity contribution in [3.63, 3.8) is 0 Å². The zero-order valence-corrected chi connectivity index (χ0v) is 23.8. The van der Waals surface area contributed by atoms with Gasteiger partial charge in [-0.3, -0.25) is 0 Å². The van der Waals surface area contributed by atoms with Crippen LogP contribution in [-0.4, -0.2) is 40.7 Å². The van der Waals surface area contributed by atoms with E-state index >= 15 is 0 Å². The molecule has 4 N–H and O–H groups in total. The molecule has 5 aromatic rings. The Morgan fingerprint density at radius 3 is 2.42 bits per heavy atom. The molecule has 0 radical (unpaired) electrons. The minimum absolute atomic E-state index is 0. The quantitative estimate of drug-likeness (QED) is 0.216. The van der Waals surface area contributed by atoms with Gasteiger partial charge in [-0.1, -0.05) is 42.5 Å². The van der Waals surface area contributed by atoms with Crippen molar-refractivity contribution >= 4 is 62.6 Å². The molecule has 3 aromatic carbocycles. The number of anilines is 5. The van der Waals surface area contributed by atoms with Gasteiger partial charge in [0.05, 0.1) is 16.8 Å². The van der Waals surface area contributed by atoms with Gasteiger partial charge in [0.15, 0.2) is 0 Å². The minimum Gasteiger partial charge on any atom is -0.352 e. The zero-order valence-electron chi connectivity index (χ0n) is 22.2. The maximum Gasteiger partial charge on any atom is 0.229 e. The lowest BCUT2D eigenvalue weighted by atomic mass is 10.1. The molecule has 0 aliphatic carbocycles. The van der Waals surface area contributed by atoms with Crippen molar-refractivity contribution in [3.05, 3.63) is 96.2 Å². The second-order valence-electron chi connectivity index (χ2n) is 9.24. The predicted octanol–water partition coefficient (Wildman–Crippen LogP) is 4.74. The number of primary sulfonamides is 1. The molecule has 12 heteroatoms. The van der Waals surface area contributed by atoms with Crippen molar-refractivity contribution in [2.75, 3.05) is 28.3 Å². The van der Waals surface area contributed by atoms with Crippen molar-refractivity contribution in [1.29, 1.82) is 0 Å². The van der Waals surface area contributed by atoms with Crippen LogP contribution in [0, 0.1) is 0 Å². The summed E-state index contributed by atoms with van der Waals surface area (Å²) >= 11 is 0. The molecule has 0 bridgehead atoms. The average Bonchev–Trinajstić information content (AvgIpc) is 3.26. The molecule has 0 aliphatic heterocycles. The van der Waals surface area contributed by atoms with Crippen LogP contribution in [-0.2, 0) is 30.0 Å². The van der Waals surface area contributed by atoms with Crippen LogP contribution in [0.3, 0.4) is 0 Å². The number of benzene rings is 3. The highest BCUT2D eigenvalue weighted by Gasteiger charge is 2.12. The van der Waals surface area contributed by atoms with Gasteiger partial charge in [0.1, 0.15) is 5.82 Å². The van der Waals surface area contributed by atoms with E-state index in [0.717, 1.165) is 39.7 Å². The maximum atomic E-state index is 11.2. The smallest absolute Gasteiger partial charge is 0.229 e. The van der Waals surface area contributed by atoms with Crippen LogP contribution in [0.4, 0.5) is 29.1 Å². The Kier molecular flexibility index (Phi) is 8.88. The second kappa shape index (κ2) is 12.3. The van der Waals surface area contributed by atoms with E-state index in [9.17, 15) is 8.42 Å². The normalized spacial score (nSPS) is 11.2. The van der Waals surface area contributed by atoms with Crippen molar-refractivity contribution < 1.29 is 8.42 Å². The highest BCUT2D eigenvalue weighted by atomic mass is 35.5. The van der Waals surface area contributed by atoms with E-state index in [1.165, 1.54) is 5.56 Å². The van der Waals surface area contributed by atoms with E-state index in [-0.39, 0.29) is 18.2 Å². The largest absolute Gasteiger partial charge is 0.352 e. The molecular weight excluding hydrogens is 548 g/mol. The summed E-state index contributed by atoms with van der Waals surface area (Å²) in [5.74, 6) is 1.88. The number of nitrogens with two attached hydrogens (primary N) is 1. The van der Waals surface area contributed by atoms with Crippen LogP contribution in [0.5, 0.6) is 0 Å². The van der Waals surface area contributed by atoms with Gasteiger partial charge >= 0.3 is 0 Å². The Bertz CT molecular complexity index is 1690. The summed E-state index contributed by atoms with van der Waals surface area (Å²) in [6.45, 7) is 0.694. The van der Waals surface area contributed by atoms with Crippen LogP contribution >= 0.6 is 12.4 Å². The molecule has 40 heavy (non-hydrogen) atoms. The molecule has 10 nitrogen and oxygen atoms in total. The fraction of sp³-hybridized carbons (Fsp3) is 0.179. The predicted molar refractivity (Wildman–Crippen MR) is 163 cm³/mol. The molecule has 0 aliphatic rings. The average molecular weight is 579 g/mol. The number of aromatic nitrogens is 4. The summed E-state index contributed by atoms with van der Waals surface area (Å²) in [5, 5.41) is 11.7. The summed E-state index contributed by atoms with van der Waals surface area (Å²) in [4.78, 5) is 15.8. The van der Waals surface area contributed by atoms with E-state index in [4.69, 9.17) is 10.1 Å². The second-order valence-corrected chi connectivity index (χ2v) is 11.0. The number of halogens is 1. The molecule has 2 heterocycles. The molecule has 0 saturated heterocycles. The third kappa shape index (κ3) is 7.06. The highest BCUT2D eigenvalue weighted by Crippen LogP contribution is 2.28. The third-order valence-corrected chi connectivity index (χ3v) is 7.19. The van der Waals surface area contributed by atoms with Crippen LogP contribution < -0.4 is 20.7 Å². The Morgan fingerprint density at radius 1 is 0.950 bits per heavy atom. The van der Waals surface area contributed by atoms with Gasteiger partial charge in [0, 0.05) is 38.2 Å². The first-order chi connectivity index (χ1) is 18.7. The van der Waals surface area contributed by atoms with Crippen LogP contribution in [0.15, 0.2) is 85.1 Å². The van der Waals surface area contributed by atoms with Gasteiger partial charge in [-0.25, -0.2) is 23.5 Å². The Morgan fingerprint density at radius 2 is 1.70 bits per heavy atom. The molecule has 5 rings (SSSR count). The van der Waals surface area contributed by atoms with E-state index in [1.54, 1.807) is 6.20 Å². The van der Waals surface area contributed by atoms with E-state index < -0.39 is 10.0 Å². The number of imidazole rings is 1. The molecule has 0 fully saturated rings. The fourth-order valence-corrected chi connectivity index (χ4v) is 4.72. The minimum atomic E-state index is -3.49. The first kappa shape index (κ1) is 28.8. The summed E-state index contributed by atoms with van der Waals surface area (Å²) in [6, 6.07) is 25.6. The molecule has 0 unspecified atom stereocenters. The van der Waals surface area contributed by atoms with Gasteiger partial charge in [-0.15, -0.1) is 12.4 Å². The molecule has 208 valence electrons. The lowest BCUT2D eigenvalue weighted by Crippen LogP contribution is -2.17. The number of aryl methyl sites for hydroxylation is 2. The SMILES string of the molecule is CN(c1ccc2c(c1)nc(NCc1ccccc1)n2C)c1ccnc(Nc2ccc(CCS(N)(=O)=O)cc2)n1.Cl. The van der Waals surface area contributed by atoms with Gasteiger partial charge in [-0.2, -0.15) is 4.98 Å². The van der Waals surface area contributed by atoms with Gasteiger partial charge < -0.3 is 20.1 Å². The number of nitrogens with one attached hydrogen (secondary N) is 2. The van der Waals surface area contributed by atoms with E-state index in [2.05, 4.69) is 43.4 Å². The summed E-state index contributed by atoms with van der Waals surface area (Å²) in [5.41, 5.74) is 5.72. The number of hydrogen-bond donors (Lipinski definition) is 3. The van der Waals surface area contributed by atoms with Gasteiger partial charge in [0.2, 0.25) is 21.9 Å². The summed E-state index contributed by atoms with van der Waals surface area (Å²) in [7, 11) is 0.459. The van der Waals surface area contributed by atoms with Crippen molar-refractivity contribution in [2.45, 2.75) is 13.0 Å². The van der Waals surface area contributed by atoms with Crippen LogP contribution in [0.25, 0.3) is 11.0 Å². The molecule has 0 spiro atoms. The first-order valence-electron chi connectivity index (χ1n) is 12.4. The monoisotopic (exact) mass is 578 g/mol. The van der Waals surface area contributed by atoms with Gasteiger partial charge in [0.25, 0.3) is 0 Å². The number of nitrogens with zero attached hydrogens (tertiary/aromatic N) is 5. The van der Waals surface area contributed by atoms with Gasteiger partial charge in [-0.05, 0) is 53.9 Å². The highest BCUT2D eigenvalue weighted by molar-refractivity contribution is 7.89. The van der Waals surface area contributed by atoms with Crippen LogP contribution in [0.2, 0.25) is 0 Å². The third-order valence-electron chi connectivity index (χ3n) is 6.42. The van der Waals surface area contributed by atoms with Crippen molar-refractivity contribution in [2.24, 2.45) is 12.2 Å².